The van der Waals surface area contributed by atoms with E-state index in [2.05, 4.69) is 39.7 Å². The van der Waals surface area contributed by atoms with Crippen LogP contribution in [0.2, 0.25) is 0 Å². The lowest BCUT2D eigenvalue weighted by molar-refractivity contribution is 0.0285. The molecule has 1 fully saturated rings. The molecule has 1 saturated heterocycles. The van der Waals surface area contributed by atoms with Crippen LogP contribution >= 0.6 is 24.0 Å². The van der Waals surface area contributed by atoms with Crippen LogP contribution in [0.15, 0.2) is 29.3 Å². The van der Waals surface area contributed by atoms with Crippen LogP contribution in [0.5, 0.6) is 0 Å². The number of guanidine groups is 1. The number of nitrogens with one attached hydrogen (secondary N) is 2. The summed E-state index contributed by atoms with van der Waals surface area (Å²) in [5.41, 5.74) is 1.75. The van der Waals surface area contributed by atoms with Gasteiger partial charge in [-0.25, -0.2) is 4.79 Å². The first-order valence-electron chi connectivity index (χ1n) is 10.8. The maximum absolute atomic E-state index is 12.1. The van der Waals surface area contributed by atoms with Gasteiger partial charge in [-0.2, -0.15) is 0 Å². The zero-order valence-corrected chi connectivity index (χ0v) is 22.2. The smallest absolute Gasteiger partial charge is 0.410 e. The van der Waals surface area contributed by atoms with Gasteiger partial charge in [0, 0.05) is 40.3 Å². The van der Waals surface area contributed by atoms with E-state index in [1.165, 1.54) is 24.9 Å². The van der Waals surface area contributed by atoms with Gasteiger partial charge >= 0.3 is 6.09 Å². The third kappa shape index (κ3) is 10.5. The summed E-state index contributed by atoms with van der Waals surface area (Å²) in [5.74, 6) is 1.50. The van der Waals surface area contributed by atoms with E-state index >= 15 is 0 Å². The molecule has 1 aliphatic rings. The Morgan fingerprint density at radius 1 is 1.23 bits per heavy atom. The first-order valence-corrected chi connectivity index (χ1v) is 10.8. The number of nitrogens with zero attached hydrogens (tertiary/aromatic N) is 3. The summed E-state index contributed by atoms with van der Waals surface area (Å²) in [5, 5.41) is 6.83. The van der Waals surface area contributed by atoms with Crippen molar-refractivity contribution in [1.29, 1.82) is 0 Å². The van der Waals surface area contributed by atoms with Gasteiger partial charge in [-0.3, -0.25) is 4.99 Å². The number of carbonyl (C=O) groups is 1. The molecular weight excluding hydrogens is 505 g/mol. The largest absolute Gasteiger partial charge is 0.444 e. The number of ether oxygens (including phenoxy) is 1. The number of benzene rings is 1. The first kappa shape index (κ1) is 27.5. The van der Waals surface area contributed by atoms with Gasteiger partial charge in [-0.15, -0.1) is 24.0 Å². The predicted molar refractivity (Wildman–Crippen MR) is 138 cm³/mol. The first-order chi connectivity index (χ1) is 14.2. The maximum Gasteiger partial charge on any atom is 0.410 e. The molecule has 176 valence electrons. The Labute approximate surface area is 205 Å². The third-order valence-corrected chi connectivity index (χ3v) is 5.11. The van der Waals surface area contributed by atoms with Gasteiger partial charge in [0.2, 0.25) is 0 Å². The van der Waals surface area contributed by atoms with Crippen LogP contribution in [-0.2, 0) is 17.8 Å². The van der Waals surface area contributed by atoms with E-state index in [0.29, 0.717) is 19.0 Å². The minimum atomic E-state index is -0.486. The quantitative estimate of drug-likeness (QED) is 0.325. The summed E-state index contributed by atoms with van der Waals surface area (Å²) < 4.78 is 5.40. The minimum Gasteiger partial charge on any atom is -0.444 e. The Balaban J connectivity index is 0.00000480. The van der Waals surface area contributed by atoms with Crippen LogP contribution in [0.25, 0.3) is 0 Å². The number of aliphatic imine (C=N–C) groups is 1. The van der Waals surface area contributed by atoms with Gasteiger partial charge in [0.1, 0.15) is 5.60 Å². The van der Waals surface area contributed by atoms with Crippen molar-refractivity contribution in [2.45, 2.75) is 52.3 Å². The standard InChI is InChI=1S/C23H39N5O2.HI/c1-23(2,3)30-22(29)28(6)17-19-11-9-18(10-12-19)14-25-21(24-4)26-15-20-8-7-13-27(5)16-20;/h9-12,20H,7-8,13-17H2,1-6H3,(H2,24,25,26);1H. The van der Waals surface area contributed by atoms with E-state index in [4.69, 9.17) is 4.74 Å². The number of rotatable bonds is 6. The Kier molecular flexibility index (Phi) is 11.6. The van der Waals surface area contributed by atoms with E-state index in [9.17, 15) is 4.79 Å². The van der Waals surface area contributed by atoms with Gasteiger partial charge in [-0.1, -0.05) is 24.3 Å². The molecule has 2 N–H and O–H groups in total. The minimum absolute atomic E-state index is 0. The SMILES string of the molecule is CN=C(NCc1ccc(CN(C)C(=O)OC(C)(C)C)cc1)NCC1CCCN(C)C1.I. The van der Waals surface area contributed by atoms with Gasteiger partial charge in [0.15, 0.2) is 5.96 Å². The van der Waals surface area contributed by atoms with Gasteiger partial charge < -0.3 is 25.2 Å². The molecule has 0 spiro atoms. The highest BCUT2D eigenvalue weighted by atomic mass is 127. The van der Waals surface area contributed by atoms with Crippen molar-refractivity contribution in [2.75, 3.05) is 40.8 Å². The number of carbonyl (C=O) groups excluding carboxylic acids is 1. The molecule has 1 heterocycles. The van der Waals surface area contributed by atoms with Crippen LogP contribution in [-0.4, -0.2) is 68.2 Å². The molecule has 0 saturated carbocycles. The van der Waals surface area contributed by atoms with Crippen LogP contribution < -0.4 is 10.6 Å². The zero-order chi connectivity index (χ0) is 22.1. The molecule has 1 aliphatic heterocycles. The van der Waals surface area contributed by atoms with Crippen molar-refractivity contribution < 1.29 is 9.53 Å². The fourth-order valence-corrected chi connectivity index (χ4v) is 3.53. The third-order valence-electron chi connectivity index (χ3n) is 5.11. The van der Waals surface area contributed by atoms with Crippen LogP contribution in [0.4, 0.5) is 4.79 Å². The summed E-state index contributed by atoms with van der Waals surface area (Å²) in [6.45, 7) is 10.1. The van der Waals surface area contributed by atoms with E-state index in [1.807, 2.05) is 32.9 Å². The maximum atomic E-state index is 12.1. The monoisotopic (exact) mass is 545 g/mol. The zero-order valence-electron chi connectivity index (χ0n) is 19.9. The Morgan fingerprint density at radius 3 is 2.45 bits per heavy atom. The lowest BCUT2D eigenvalue weighted by atomic mass is 9.99. The molecule has 7 nitrogen and oxygen atoms in total. The van der Waals surface area contributed by atoms with Crippen molar-refractivity contribution in [2.24, 2.45) is 10.9 Å². The van der Waals surface area contributed by atoms with Crippen LogP contribution in [0.3, 0.4) is 0 Å². The normalized spacial score (nSPS) is 17.5. The molecular formula is C23H40IN5O2. The average molecular weight is 546 g/mol. The highest BCUT2D eigenvalue weighted by Gasteiger charge is 2.20. The van der Waals surface area contributed by atoms with E-state index in [1.54, 1.807) is 19.0 Å². The van der Waals surface area contributed by atoms with E-state index in [-0.39, 0.29) is 30.1 Å². The lowest BCUT2D eigenvalue weighted by Gasteiger charge is -2.30. The van der Waals surface area contributed by atoms with Crippen molar-refractivity contribution >= 4 is 36.0 Å². The van der Waals surface area contributed by atoms with Crippen molar-refractivity contribution in [3.8, 4) is 0 Å². The fraction of sp³-hybridized carbons (Fsp3) is 0.652. The molecule has 1 aromatic rings. The Bertz CT molecular complexity index is 703. The van der Waals surface area contributed by atoms with Crippen molar-refractivity contribution in [3.63, 3.8) is 0 Å². The molecule has 1 amide bonds. The van der Waals surface area contributed by atoms with Crippen LogP contribution in [0.1, 0.15) is 44.7 Å². The number of halogens is 1. The van der Waals surface area contributed by atoms with Gasteiger partial charge in [0.25, 0.3) is 0 Å². The molecule has 2 rings (SSSR count). The summed E-state index contributed by atoms with van der Waals surface area (Å²) in [7, 11) is 5.75. The molecule has 0 radical (unpaired) electrons. The Hall–Kier alpha value is -1.55. The molecule has 0 aliphatic carbocycles. The molecule has 1 atom stereocenters. The summed E-state index contributed by atoms with van der Waals surface area (Å²) in [4.78, 5) is 20.4. The average Bonchev–Trinajstić information content (AvgIpc) is 2.68. The fourth-order valence-electron chi connectivity index (χ4n) is 3.53. The van der Waals surface area contributed by atoms with Crippen LogP contribution in [0, 0.1) is 5.92 Å². The van der Waals surface area contributed by atoms with Crippen molar-refractivity contribution in [1.82, 2.24) is 20.4 Å². The number of hydrogen-bond donors (Lipinski definition) is 2. The number of likely N-dealkylation sites (tertiary alicyclic amines) is 1. The van der Waals surface area contributed by atoms with Gasteiger partial charge in [0.05, 0.1) is 0 Å². The highest BCUT2D eigenvalue weighted by Crippen LogP contribution is 2.14. The highest BCUT2D eigenvalue weighted by molar-refractivity contribution is 14.0. The number of hydrogen-bond acceptors (Lipinski definition) is 4. The Morgan fingerprint density at radius 2 is 1.87 bits per heavy atom. The summed E-state index contributed by atoms with van der Waals surface area (Å²) >= 11 is 0. The number of piperidine rings is 1. The predicted octanol–water partition coefficient (Wildman–Crippen LogP) is 3.68. The molecule has 1 aromatic carbocycles. The molecule has 0 bridgehead atoms. The van der Waals surface area contributed by atoms with E-state index in [0.717, 1.165) is 24.6 Å². The summed E-state index contributed by atoms with van der Waals surface area (Å²) in [6, 6.07) is 8.25. The second kappa shape index (κ2) is 13.1. The molecule has 31 heavy (non-hydrogen) atoms. The van der Waals surface area contributed by atoms with E-state index < -0.39 is 5.60 Å². The second-order valence-electron chi connectivity index (χ2n) is 9.23. The second-order valence-corrected chi connectivity index (χ2v) is 9.23. The lowest BCUT2D eigenvalue weighted by Crippen LogP contribution is -2.43. The number of amides is 1. The molecule has 0 aromatic heterocycles. The topological polar surface area (TPSA) is 69.2 Å². The summed E-state index contributed by atoms with van der Waals surface area (Å²) in [6.07, 6.45) is 2.23. The molecule has 1 unspecified atom stereocenters. The van der Waals surface area contributed by atoms with Crippen molar-refractivity contribution in [3.05, 3.63) is 35.4 Å². The molecule has 8 heteroatoms. The van der Waals surface area contributed by atoms with Gasteiger partial charge in [-0.05, 0) is 64.3 Å².